The summed E-state index contributed by atoms with van der Waals surface area (Å²) < 4.78 is 0. The third-order valence-electron chi connectivity index (χ3n) is 3.59. The SMILES string of the molecule is O=C(NCC1NCCc2ccccc21)c1ccc(=O)[nH]n1. The molecule has 1 aromatic carbocycles. The molecule has 2 aromatic rings. The number of hydrogen-bond donors (Lipinski definition) is 3. The Bertz CT molecular complexity index is 690. The molecule has 1 amide bonds. The predicted octanol–water partition coefficient (Wildman–Crippen LogP) is 0.387. The van der Waals surface area contributed by atoms with Gasteiger partial charge in [0.2, 0.25) is 0 Å². The molecule has 1 unspecified atom stereocenters. The Hall–Kier alpha value is -2.47. The van der Waals surface area contributed by atoms with E-state index < -0.39 is 0 Å². The van der Waals surface area contributed by atoms with Crippen molar-refractivity contribution in [1.29, 1.82) is 0 Å². The summed E-state index contributed by atoms with van der Waals surface area (Å²) in [5, 5.41) is 12.2. The zero-order chi connectivity index (χ0) is 14.7. The maximum absolute atomic E-state index is 12.0. The summed E-state index contributed by atoms with van der Waals surface area (Å²) in [7, 11) is 0. The minimum Gasteiger partial charge on any atom is -0.349 e. The second kappa shape index (κ2) is 5.88. The van der Waals surface area contributed by atoms with E-state index in [-0.39, 0.29) is 23.2 Å². The molecule has 2 heterocycles. The maximum Gasteiger partial charge on any atom is 0.271 e. The number of aromatic nitrogens is 2. The van der Waals surface area contributed by atoms with Crippen molar-refractivity contribution in [3.05, 3.63) is 63.6 Å². The van der Waals surface area contributed by atoms with Gasteiger partial charge in [0.1, 0.15) is 5.69 Å². The van der Waals surface area contributed by atoms with Crippen LogP contribution < -0.4 is 16.2 Å². The molecule has 3 rings (SSSR count). The minimum absolute atomic E-state index is 0.0988. The van der Waals surface area contributed by atoms with Crippen molar-refractivity contribution < 1.29 is 4.79 Å². The fourth-order valence-electron chi connectivity index (χ4n) is 2.53. The number of hydrogen-bond acceptors (Lipinski definition) is 4. The van der Waals surface area contributed by atoms with Gasteiger partial charge in [-0.1, -0.05) is 24.3 Å². The van der Waals surface area contributed by atoms with Gasteiger partial charge in [-0.2, -0.15) is 5.10 Å². The molecule has 0 radical (unpaired) electrons. The first-order valence-corrected chi connectivity index (χ1v) is 6.89. The van der Waals surface area contributed by atoms with E-state index in [9.17, 15) is 9.59 Å². The van der Waals surface area contributed by atoms with Gasteiger partial charge in [0, 0.05) is 18.7 Å². The van der Waals surface area contributed by atoms with Crippen LogP contribution in [0.5, 0.6) is 0 Å². The van der Waals surface area contributed by atoms with Crippen molar-refractivity contribution in [2.45, 2.75) is 12.5 Å². The van der Waals surface area contributed by atoms with Crippen molar-refractivity contribution in [1.82, 2.24) is 20.8 Å². The zero-order valence-corrected chi connectivity index (χ0v) is 11.4. The van der Waals surface area contributed by atoms with Crippen LogP contribution in [-0.2, 0) is 6.42 Å². The first-order chi connectivity index (χ1) is 10.2. The largest absolute Gasteiger partial charge is 0.349 e. The van der Waals surface area contributed by atoms with Crippen LogP contribution in [0.15, 0.2) is 41.2 Å². The Balaban J connectivity index is 1.67. The Morgan fingerprint density at radius 3 is 2.95 bits per heavy atom. The van der Waals surface area contributed by atoms with E-state index in [0.29, 0.717) is 6.54 Å². The van der Waals surface area contributed by atoms with Gasteiger partial charge in [0.25, 0.3) is 11.5 Å². The quantitative estimate of drug-likeness (QED) is 0.761. The van der Waals surface area contributed by atoms with Crippen LogP contribution in [0, 0.1) is 0 Å². The van der Waals surface area contributed by atoms with Gasteiger partial charge in [-0.25, -0.2) is 5.10 Å². The van der Waals surface area contributed by atoms with Gasteiger partial charge in [-0.15, -0.1) is 0 Å². The smallest absolute Gasteiger partial charge is 0.271 e. The monoisotopic (exact) mass is 284 g/mol. The van der Waals surface area contributed by atoms with E-state index in [0.717, 1.165) is 13.0 Å². The number of carbonyl (C=O) groups excluding carboxylic acids is 1. The number of rotatable bonds is 3. The molecule has 0 bridgehead atoms. The number of nitrogens with one attached hydrogen (secondary N) is 3. The number of benzene rings is 1. The number of carbonyl (C=O) groups is 1. The number of fused-ring (bicyclic) bond motifs is 1. The number of nitrogens with zero attached hydrogens (tertiary/aromatic N) is 1. The Kier molecular flexibility index (Phi) is 3.79. The Morgan fingerprint density at radius 2 is 2.14 bits per heavy atom. The third kappa shape index (κ3) is 3.00. The zero-order valence-electron chi connectivity index (χ0n) is 11.4. The van der Waals surface area contributed by atoms with Gasteiger partial charge in [0.05, 0.1) is 0 Å². The lowest BCUT2D eigenvalue weighted by molar-refractivity contribution is 0.0943. The molecule has 108 valence electrons. The number of amides is 1. The molecule has 0 aliphatic carbocycles. The first kappa shape index (κ1) is 13.5. The van der Waals surface area contributed by atoms with Crippen LogP contribution in [-0.4, -0.2) is 29.2 Å². The number of H-pyrrole nitrogens is 1. The fourth-order valence-corrected chi connectivity index (χ4v) is 2.53. The van der Waals surface area contributed by atoms with Crippen LogP contribution in [0.25, 0.3) is 0 Å². The highest BCUT2D eigenvalue weighted by Gasteiger charge is 2.20. The molecular weight excluding hydrogens is 268 g/mol. The summed E-state index contributed by atoms with van der Waals surface area (Å²) in [6.07, 6.45) is 1.00. The van der Waals surface area contributed by atoms with Crippen LogP contribution in [0.2, 0.25) is 0 Å². The van der Waals surface area contributed by atoms with Gasteiger partial charge in [-0.05, 0) is 30.2 Å². The van der Waals surface area contributed by atoms with Crippen LogP contribution in [0.4, 0.5) is 0 Å². The highest BCUT2D eigenvalue weighted by molar-refractivity contribution is 5.91. The molecule has 21 heavy (non-hydrogen) atoms. The molecule has 0 spiro atoms. The highest BCUT2D eigenvalue weighted by atomic mass is 16.2. The molecular formula is C15H16N4O2. The van der Waals surface area contributed by atoms with Crippen molar-refractivity contribution in [3.8, 4) is 0 Å². The van der Waals surface area contributed by atoms with E-state index in [1.807, 2.05) is 12.1 Å². The second-order valence-electron chi connectivity index (χ2n) is 4.97. The average Bonchev–Trinajstić information content (AvgIpc) is 2.53. The second-order valence-corrected chi connectivity index (χ2v) is 4.97. The maximum atomic E-state index is 12.0. The molecule has 3 N–H and O–H groups in total. The lowest BCUT2D eigenvalue weighted by Gasteiger charge is -2.27. The van der Waals surface area contributed by atoms with Crippen molar-refractivity contribution in [2.75, 3.05) is 13.1 Å². The Morgan fingerprint density at radius 1 is 1.29 bits per heavy atom. The molecule has 0 fully saturated rings. The van der Waals surface area contributed by atoms with Crippen LogP contribution in [0.3, 0.4) is 0 Å². The molecule has 1 aromatic heterocycles. The fraction of sp³-hybridized carbons (Fsp3) is 0.267. The third-order valence-corrected chi connectivity index (χ3v) is 3.59. The van der Waals surface area contributed by atoms with Gasteiger partial charge < -0.3 is 10.6 Å². The Labute approximate surface area is 121 Å². The van der Waals surface area contributed by atoms with E-state index >= 15 is 0 Å². The summed E-state index contributed by atoms with van der Waals surface area (Å²) >= 11 is 0. The summed E-state index contributed by atoms with van der Waals surface area (Å²) in [6, 6.07) is 11.0. The molecule has 1 aliphatic rings. The topological polar surface area (TPSA) is 86.9 Å². The van der Waals surface area contributed by atoms with Crippen molar-refractivity contribution >= 4 is 5.91 Å². The standard InChI is InChI=1S/C15H16N4O2/c20-14-6-5-12(18-19-14)15(21)17-9-13-11-4-2-1-3-10(11)7-8-16-13/h1-6,13,16H,7-9H2,(H,17,21)(H,19,20). The van der Waals surface area contributed by atoms with Crippen molar-refractivity contribution in [3.63, 3.8) is 0 Å². The minimum atomic E-state index is -0.325. The molecule has 1 aliphatic heterocycles. The van der Waals surface area contributed by atoms with E-state index in [2.05, 4.69) is 33.0 Å². The summed E-state index contributed by atoms with van der Waals surface area (Å²) in [5.74, 6) is -0.295. The average molecular weight is 284 g/mol. The van der Waals surface area contributed by atoms with E-state index in [1.54, 1.807) is 0 Å². The molecule has 0 saturated heterocycles. The summed E-state index contributed by atoms with van der Waals surface area (Å²) in [5.41, 5.74) is 2.42. The predicted molar refractivity (Wildman–Crippen MR) is 78.1 cm³/mol. The summed E-state index contributed by atoms with van der Waals surface area (Å²) in [4.78, 5) is 22.9. The lowest BCUT2D eigenvalue weighted by Crippen LogP contribution is -2.39. The molecule has 6 heteroatoms. The van der Waals surface area contributed by atoms with Crippen LogP contribution >= 0.6 is 0 Å². The number of aromatic amines is 1. The lowest BCUT2D eigenvalue weighted by atomic mass is 9.94. The van der Waals surface area contributed by atoms with Gasteiger partial charge in [0.15, 0.2) is 0 Å². The highest BCUT2D eigenvalue weighted by Crippen LogP contribution is 2.21. The van der Waals surface area contributed by atoms with E-state index in [1.165, 1.54) is 23.3 Å². The molecule has 1 atom stereocenters. The molecule has 0 saturated carbocycles. The van der Waals surface area contributed by atoms with Crippen molar-refractivity contribution in [2.24, 2.45) is 0 Å². The normalized spacial score (nSPS) is 17.0. The summed E-state index contributed by atoms with van der Waals surface area (Å²) in [6.45, 7) is 1.38. The van der Waals surface area contributed by atoms with E-state index in [4.69, 9.17) is 0 Å². The van der Waals surface area contributed by atoms with Crippen LogP contribution in [0.1, 0.15) is 27.7 Å². The molecule has 6 nitrogen and oxygen atoms in total. The first-order valence-electron chi connectivity index (χ1n) is 6.89. The van der Waals surface area contributed by atoms with Gasteiger partial charge >= 0.3 is 0 Å². The van der Waals surface area contributed by atoms with Gasteiger partial charge in [-0.3, -0.25) is 9.59 Å².